The lowest BCUT2D eigenvalue weighted by molar-refractivity contribution is 0.0948. The van der Waals surface area contributed by atoms with E-state index in [4.69, 9.17) is 0 Å². The van der Waals surface area contributed by atoms with Crippen molar-refractivity contribution in [3.63, 3.8) is 0 Å². The highest BCUT2D eigenvalue weighted by Crippen LogP contribution is 2.14. The molecule has 6 nitrogen and oxygen atoms in total. The molecule has 3 rings (SSSR count). The molecule has 1 amide bonds. The van der Waals surface area contributed by atoms with E-state index in [1.807, 2.05) is 36.4 Å². The Hall–Kier alpha value is -3.15. The van der Waals surface area contributed by atoms with Gasteiger partial charge in [0.05, 0.1) is 12.2 Å². The van der Waals surface area contributed by atoms with Crippen molar-refractivity contribution in [1.29, 1.82) is 0 Å². The van der Waals surface area contributed by atoms with E-state index in [9.17, 15) is 9.59 Å². The van der Waals surface area contributed by atoms with Crippen LogP contribution in [0.4, 0.5) is 0 Å². The third kappa shape index (κ3) is 3.21. The Morgan fingerprint density at radius 3 is 2.61 bits per heavy atom. The molecule has 3 aromatic rings. The SMILES string of the molecule is Cn1nccc1CNC(=O)c1ccc(-c2ccccc2)[nH]c1=O. The van der Waals surface area contributed by atoms with Gasteiger partial charge in [-0.1, -0.05) is 30.3 Å². The van der Waals surface area contributed by atoms with Gasteiger partial charge >= 0.3 is 0 Å². The quantitative estimate of drug-likeness (QED) is 0.770. The molecule has 0 saturated carbocycles. The van der Waals surface area contributed by atoms with Gasteiger partial charge in [0.1, 0.15) is 5.56 Å². The summed E-state index contributed by atoms with van der Waals surface area (Å²) >= 11 is 0. The number of aromatic amines is 1. The average molecular weight is 308 g/mol. The minimum Gasteiger partial charge on any atom is -0.346 e. The average Bonchev–Trinajstić information content (AvgIpc) is 2.98. The van der Waals surface area contributed by atoms with Gasteiger partial charge in [-0.05, 0) is 23.8 Å². The van der Waals surface area contributed by atoms with E-state index in [0.717, 1.165) is 11.3 Å². The number of aromatic nitrogens is 3. The standard InChI is InChI=1S/C17H16N4O2/c1-21-13(9-10-19-21)11-18-16(22)14-7-8-15(20-17(14)23)12-5-3-2-4-6-12/h2-10H,11H2,1H3,(H,18,22)(H,20,23). The van der Waals surface area contributed by atoms with E-state index in [-0.39, 0.29) is 5.56 Å². The number of amides is 1. The number of nitrogens with one attached hydrogen (secondary N) is 2. The molecule has 0 atom stereocenters. The number of carbonyl (C=O) groups is 1. The molecule has 0 radical (unpaired) electrons. The lowest BCUT2D eigenvalue weighted by atomic mass is 10.1. The van der Waals surface area contributed by atoms with Gasteiger partial charge in [0.2, 0.25) is 0 Å². The molecule has 2 aromatic heterocycles. The third-order valence-corrected chi connectivity index (χ3v) is 3.59. The van der Waals surface area contributed by atoms with E-state index in [0.29, 0.717) is 12.2 Å². The summed E-state index contributed by atoms with van der Waals surface area (Å²) < 4.78 is 1.67. The van der Waals surface area contributed by atoms with Crippen LogP contribution in [0.2, 0.25) is 0 Å². The molecule has 0 fully saturated rings. The summed E-state index contributed by atoms with van der Waals surface area (Å²) in [7, 11) is 1.79. The molecular weight excluding hydrogens is 292 g/mol. The Labute approximate surface area is 132 Å². The lowest BCUT2D eigenvalue weighted by Crippen LogP contribution is -2.29. The fraction of sp³-hybridized carbons (Fsp3) is 0.118. The maximum absolute atomic E-state index is 12.2. The smallest absolute Gasteiger partial charge is 0.261 e. The second-order valence-corrected chi connectivity index (χ2v) is 5.11. The van der Waals surface area contributed by atoms with Gasteiger partial charge in [-0.15, -0.1) is 0 Å². The van der Waals surface area contributed by atoms with Crippen LogP contribution in [-0.4, -0.2) is 20.7 Å². The number of benzene rings is 1. The Kier molecular flexibility index (Phi) is 4.05. The number of nitrogens with zero attached hydrogens (tertiary/aromatic N) is 2. The van der Waals surface area contributed by atoms with Gasteiger partial charge in [-0.25, -0.2) is 0 Å². The van der Waals surface area contributed by atoms with E-state index < -0.39 is 11.5 Å². The van der Waals surface area contributed by atoms with Gasteiger partial charge in [0.25, 0.3) is 11.5 Å². The van der Waals surface area contributed by atoms with Crippen molar-refractivity contribution in [2.75, 3.05) is 0 Å². The summed E-state index contributed by atoms with van der Waals surface area (Å²) in [6.45, 7) is 0.315. The van der Waals surface area contributed by atoms with Gasteiger partial charge in [-0.2, -0.15) is 5.10 Å². The van der Waals surface area contributed by atoms with E-state index in [1.54, 1.807) is 30.1 Å². The highest BCUT2D eigenvalue weighted by molar-refractivity contribution is 5.94. The molecular formula is C17H16N4O2. The molecule has 0 saturated heterocycles. The predicted octanol–water partition coefficient (Wildman–Crippen LogP) is 1.71. The monoisotopic (exact) mass is 308 g/mol. The van der Waals surface area contributed by atoms with Gasteiger partial charge in [0, 0.05) is 18.9 Å². The van der Waals surface area contributed by atoms with Gasteiger partial charge in [0.15, 0.2) is 0 Å². The fourth-order valence-corrected chi connectivity index (χ4v) is 2.28. The first-order valence-corrected chi connectivity index (χ1v) is 7.19. The molecule has 116 valence electrons. The van der Waals surface area contributed by atoms with Gasteiger partial charge in [-0.3, -0.25) is 14.3 Å². The topological polar surface area (TPSA) is 79.8 Å². The van der Waals surface area contributed by atoms with Crippen LogP contribution < -0.4 is 10.9 Å². The molecule has 0 aliphatic carbocycles. The molecule has 23 heavy (non-hydrogen) atoms. The highest BCUT2D eigenvalue weighted by atomic mass is 16.2. The van der Waals surface area contributed by atoms with Crippen LogP contribution in [-0.2, 0) is 13.6 Å². The molecule has 0 unspecified atom stereocenters. The number of pyridine rings is 1. The highest BCUT2D eigenvalue weighted by Gasteiger charge is 2.11. The molecule has 0 aliphatic rings. The second-order valence-electron chi connectivity index (χ2n) is 5.11. The molecule has 0 spiro atoms. The number of carbonyl (C=O) groups excluding carboxylic acids is 1. The van der Waals surface area contributed by atoms with Crippen molar-refractivity contribution in [3.05, 3.63) is 76.3 Å². The largest absolute Gasteiger partial charge is 0.346 e. The first-order valence-electron chi connectivity index (χ1n) is 7.19. The van der Waals surface area contributed by atoms with Crippen molar-refractivity contribution in [2.45, 2.75) is 6.54 Å². The first-order chi connectivity index (χ1) is 11.1. The summed E-state index contributed by atoms with van der Waals surface area (Å²) in [5.74, 6) is -0.410. The van der Waals surface area contributed by atoms with Crippen LogP contribution in [0.3, 0.4) is 0 Å². The normalized spacial score (nSPS) is 10.5. The van der Waals surface area contributed by atoms with E-state index in [2.05, 4.69) is 15.4 Å². The summed E-state index contributed by atoms with van der Waals surface area (Å²) in [6.07, 6.45) is 1.66. The number of H-pyrrole nitrogens is 1. The zero-order valence-electron chi connectivity index (χ0n) is 12.6. The minimum absolute atomic E-state index is 0.0897. The van der Waals surface area contributed by atoms with Crippen molar-refractivity contribution < 1.29 is 4.79 Å². The van der Waals surface area contributed by atoms with Crippen molar-refractivity contribution in [1.82, 2.24) is 20.1 Å². The van der Waals surface area contributed by atoms with Crippen molar-refractivity contribution >= 4 is 5.91 Å². The van der Waals surface area contributed by atoms with Crippen LogP contribution in [0, 0.1) is 0 Å². The molecule has 2 N–H and O–H groups in total. The lowest BCUT2D eigenvalue weighted by Gasteiger charge is -2.06. The van der Waals surface area contributed by atoms with Crippen molar-refractivity contribution in [2.24, 2.45) is 7.05 Å². The Morgan fingerprint density at radius 2 is 1.96 bits per heavy atom. The summed E-state index contributed by atoms with van der Waals surface area (Å²) in [5, 5.41) is 6.75. The van der Waals surface area contributed by atoms with E-state index >= 15 is 0 Å². The fourth-order valence-electron chi connectivity index (χ4n) is 2.28. The van der Waals surface area contributed by atoms with Crippen LogP contribution in [0.25, 0.3) is 11.3 Å². The predicted molar refractivity (Wildman–Crippen MR) is 86.9 cm³/mol. The molecule has 0 bridgehead atoms. The first kappa shape index (κ1) is 14.8. The van der Waals surface area contributed by atoms with Crippen LogP contribution in [0.1, 0.15) is 16.1 Å². The maximum Gasteiger partial charge on any atom is 0.261 e. The second kappa shape index (κ2) is 6.31. The van der Waals surface area contributed by atoms with Crippen LogP contribution >= 0.6 is 0 Å². The van der Waals surface area contributed by atoms with Crippen LogP contribution in [0.5, 0.6) is 0 Å². The van der Waals surface area contributed by atoms with Gasteiger partial charge < -0.3 is 10.3 Å². The number of aryl methyl sites for hydroxylation is 1. The number of hydrogen-bond donors (Lipinski definition) is 2. The molecule has 1 aromatic carbocycles. The van der Waals surface area contributed by atoms with Crippen LogP contribution in [0.15, 0.2) is 59.5 Å². The Morgan fingerprint density at radius 1 is 1.17 bits per heavy atom. The van der Waals surface area contributed by atoms with Crippen molar-refractivity contribution in [3.8, 4) is 11.3 Å². The molecule has 0 aliphatic heterocycles. The zero-order valence-corrected chi connectivity index (χ0v) is 12.6. The number of hydrogen-bond acceptors (Lipinski definition) is 3. The summed E-state index contributed by atoms with van der Waals surface area (Å²) in [6, 6.07) is 14.6. The van der Waals surface area contributed by atoms with E-state index in [1.165, 1.54) is 0 Å². The molecule has 6 heteroatoms. The zero-order chi connectivity index (χ0) is 16.2. The molecule has 2 heterocycles. The Bertz CT molecular complexity index is 881. The minimum atomic E-state index is -0.410. The Balaban J connectivity index is 1.77. The third-order valence-electron chi connectivity index (χ3n) is 3.59. The summed E-state index contributed by atoms with van der Waals surface area (Å²) in [4.78, 5) is 27.1. The maximum atomic E-state index is 12.2. The number of rotatable bonds is 4. The summed E-state index contributed by atoms with van der Waals surface area (Å²) in [5.41, 5.74) is 2.11.